The molecule has 0 saturated carbocycles. The minimum atomic E-state index is -4.66. The number of alkyl halides is 6. The molecule has 0 spiro atoms. The Morgan fingerprint density at radius 3 is 2.03 bits per heavy atom. The van der Waals surface area contributed by atoms with Crippen LogP contribution in [0.5, 0.6) is 0 Å². The van der Waals surface area contributed by atoms with Crippen molar-refractivity contribution in [2.45, 2.75) is 52.1 Å². The van der Waals surface area contributed by atoms with Crippen LogP contribution < -0.4 is 5.32 Å². The molecule has 0 saturated heterocycles. The Morgan fingerprint density at radius 2 is 1.53 bits per heavy atom. The predicted octanol–water partition coefficient (Wildman–Crippen LogP) is 4.75. The first-order chi connectivity index (χ1) is 13.7. The molecule has 0 radical (unpaired) electrons. The van der Waals surface area contributed by atoms with Gasteiger partial charge in [-0.2, -0.15) is 36.5 Å². The lowest BCUT2D eigenvalue weighted by Crippen LogP contribution is -2.26. The summed E-state index contributed by atoms with van der Waals surface area (Å²) in [4.78, 5) is 11.9. The Morgan fingerprint density at radius 1 is 1.00 bits per heavy atom. The van der Waals surface area contributed by atoms with E-state index in [2.05, 4.69) is 31.4 Å². The summed E-state index contributed by atoms with van der Waals surface area (Å²) in [6.07, 6.45) is -9.10. The zero-order valence-corrected chi connectivity index (χ0v) is 18.1. The van der Waals surface area contributed by atoms with E-state index in [1.165, 1.54) is 13.8 Å². The molecule has 2 aromatic rings. The molecule has 1 N–H and O–H groups in total. The highest BCUT2D eigenvalue weighted by atomic mass is 79.9. The molecule has 0 bridgehead atoms. The number of halogens is 8. The van der Waals surface area contributed by atoms with Gasteiger partial charge in [0.2, 0.25) is 5.91 Å². The van der Waals surface area contributed by atoms with Crippen LogP contribution in [0.4, 0.5) is 26.3 Å². The molecule has 0 aliphatic heterocycles. The van der Waals surface area contributed by atoms with Crippen molar-refractivity contribution in [1.82, 2.24) is 24.9 Å². The van der Waals surface area contributed by atoms with Crippen molar-refractivity contribution in [3.8, 4) is 0 Å². The lowest BCUT2D eigenvalue weighted by Gasteiger charge is -2.08. The molecule has 30 heavy (non-hydrogen) atoms. The molecule has 0 fully saturated rings. The highest BCUT2D eigenvalue weighted by Gasteiger charge is 2.38. The first kappa shape index (κ1) is 24.5. The standard InChI is InChI=1S/C16H17BrClF6N5O/c1-8-11(17)13(15(19,20)21)26-29(8)7-4-10(30)25-5-3-6-28-9(2)12(18)14(27-28)16(22,23)24/h3-7H2,1-2H3,(H,25,30). The second-order valence-corrected chi connectivity index (χ2v) is 7.56. The molecular formula is C16H17BrClF6N5O. The Balaban J connectivity index is 1.83. The molecule has 1 amide bonds. The summed E-state index contributed by atoms with van der Waals surface area (Å²) in [6.45, 7) is 3.03. The quantitative estimate of drug-likeness (QED) is 0.420. The molecule has 2 rings (SSSR count). The number of hydrogen-bond acceptors (Lipinski definition) is 3. The van der Waals surface area contributed by atoms with Crippen LogP contribution in [0, 0.1) is 13.8 Å². The SMILES string of the molecule is Cc1c(Cl)c(C(F)(F)F)nn1CCCNC(=O)CCn1nc(C(F)(F)F)c(Br)c1C. The topological polar surface area (TPSA) is 64.7 Å². The molecule has 0 atom stereocenters. The summed E-state index contributed by atoms with van der Waals surface area (Å²) in [5, 5.41) is 9.02. The summed E-state index contributed by atoms with van der Waals surface area (Å²) in [7, 11) is 0. The second-order valence-electron chi connectivity index (χ2n) is 6.39. The van der Waals surface area contributed by atoms with Crippen LogP contribution in [0.25, 0.3) is 0 Å². The van der Waals surface area contributed by atoms with Crippen LogP contribution in [0.1, 0.15) is 35.6 Å². The first-order valence-corrected chi connectivity index (χ1v) is 9.77. The second kappa shape index (κ2) is 9.16. The van der Waals surface area contributed by atoms with Crippen molar-refractivity contribution in [3.05, 3.63) is 32.3 Å². The maximum atomic E-state index is 12.8. The van der Waals surface area contributed by atoms with Crippen LogP contribution >= 0.6 is 27.5 Å². The lowest BCUT2D eigenvalue weighted by atomic mass is 10.3. The third-order valence-corrected chi connectivity index (χ3v) is 5.63. The molecule has 14 heteroatoms. The third-order valence-electron chi connectivity index (χ3n) is 4.22. The van der Waals surface area contributed by atoms with Gasteiger partial charge in [-0.05, 0) is 36.2 Å². The molecule has 0 unspecified atom stereocenters. The average molecular weight is 525 g/mol. The smallest absolute Gasteiger partial charge is 0.356 e. The fourth-order valence-corrected chi connectivity index (χ4v) is 3.35. The van der Waals surface area contributed by atoms with Crippen molar-refractivity contribution < 1.29 is 31.1 Å². The summed E-state index contributed by atoms with van der Waals surface area (Å²) in [6, 6.07) is 0. The van der Waals surface area contributed by atoms with E-state index in [9.17, 15) is 31.1 Å². The number of nitrogens with zero attached hydrogens (tertiary/aromatic N) is 4. The maximum Gasteiger partial charge on any atom is 0.436 e. The number of hydrogen-bond donors (Lipinski definition) is 1. The van der Waals surface area contributed by atoms with E-state index < -0.39 is 34.7 Å². The molecule has 0 aliphatic rings. The number of aromatic nitrogens is 4. The minimum absolute atomic E-state index is 0.0604. The van der Waals surface area contributed by atoms with E-state index in [0.29, 0.717) is 0 Å². The van der Waals surface area contributed by atoms with Gasteiger partial charge in [0.25, 0.3) is 0 Å². The third kappa shape index (κ3) is 5.68. The fourth-order valence-electron chi connectivity index (χ4n) is 2.60. The normalized spacial score (nSPS) is 12.5. The fraction of sp³-hybridized carbons (Fsp3) is 0.562. The molecule has 0 aliphatic carbocycles. The van der Waals surface area contributed by atoms with Crippen molar-refractivity contribution in [2.75, 3.05) is 6.54 Å². The zero-order chi connectivity index (χ0) is 22.9. The van der Waals surface area contributed by atoms with Crippen LogP contribution in [-0.4, -0.2) is 32.0 Å². The Hall–Kier alpha value is -1.76. The van der Waals surface area contributed by atoms with Crippen molar-refractivity contribution in [3.63, 3.8) is 0 Å². The van der Waals surface area contributed by atoms with E-state index in [0.717, 1.165) is 9.36 Å². The van der Waals surface area contributed by atoms with Gasteiger partial charge in [-0.25, -0.2) is 0 Å². The Bertz CT molecular complexity index is 921. The largest absolute Gasteiger partial charge is 0.436 e. The van der Waals surface area contributed by atoms with Crippen LogP contribution in [0.3, 0.4) is 0 Å². The number of amides is 1. The Kier molecular flexibility index (Phi) is 7.49. The van der Waals surface area contributed by atoms with Gasteiger partial charge in [-0.3, -0.25) is 14.2 Å². The van der Waals surface area contributed by atoms with Gasteiger partial charge >= 0.3 is 12.4 Å². The predicted molar refractivity (Wildman–Crippen MR) is 98.9 cm³/mol. The van der Waals surface area contributed by atoms with Gasteiger partial charge < -0.3 is 5.32 Å². The zero-order valence-electron chi connectivity index (χ0n) is 15.8. The van der Waals surface area contributed by atoms with E-state index in [-0.39, 0.29) is 48.3 Å². The summed E-state index contributed by atoms with van der Waals surface area (Å²) in [5.41, 5.74) is -1.83. The van der Waals surface area contributed by atoms with E-state index in [1.54, 1.807) is 0 Å². The van der Waals surface area contributed by atoms with Crippen LogP contribution in [0.2, 0.25) is 5.02 Å². The molecule has 6 nitrogen and oxygen atoms in total. The summed E-state index contributed by atoms with van der Waals surface area (Å²) in [5.74, 6) is -0.430. The number of carbonyl (C=O) groups is 1. The van der Waals surface area contributed by atoms with Crippen LogP contribution in [-0.2, 0) is 30.2 Å². The van der Waals surface area contributed by atoms with E-state index in [1.807, 2.05) is 0 Å². The van der Waals surface area contributed by atoms with Gasteiger partial charge in [0.05, 0.1) is 27.4 Å². The molecular weight excluding hydrogens is 508 g/mol. The van der Waals surface area contributed by atoms with E-state index >= 15 is 0 Å². The highest BCUT2D eigenvalue weighted by molar-refractivity contribution is 9.10. The highest BCUT2D eigenvalue weighted by Crippen LogP contribution is 2.36. The summed E-state index contributed by atoms with van der Waals surface area (Å²) >= 11 is 8.51. The van der Waals surface area contributed by atoms with Crippen molar-refractivity contribution in [1.29, 1.82) is 0 Å². The van der Waals surface area contributed by atoms with Gasteiger partial charge in [0, 0.05) is 19.5 Å². The van der Waals surface area contributed by atoms with Gasteiger partial charge in [-0.15, -0.1) is 0 Å². The molecule has 168 valence electrons. The van der Waals surface area contributed by atoms with Crippen molar-refractivity contribution >= 4 is 33.4 Å². The molecule has 2 heterocycles. The van der Waals surface area contributed by atoms with Gasteiger partial charge in [0.15, 0.2) is 11.4 Å². The molecule has 2 aromatic heterocycles. The first-order valence-electron chi connectivity index (χ1n) is 8.60. The van der Waals surface area contributed by atoms with Crippen LogP contribution in [0.15, 0.2) is 4.47 Å². The molecule has 0 aromatic carbocycles. The average Bonchev–Trinajstić information content (AvgIpc) is 3.07. The minimum Gasteiger partial charge on any atom is -0.356 e. The number of rotatable bonds is 7. The van der Waals surface area contributed by atoms with E-state index in [4.69, 9.17) is 11.6 Å². The Labute approximate surface area is 180 Å². The van der Waals surface area contributed by atoms with Gasteiger partial charge in [-0.1, -0.05) is 11.6 Å². The lowest BCUT2D eigenvalue weighted by molar-refractivity contribution is -0.142. The number of nitrogens with one attached hydrogen (secondary N) is 1. The monoisotopic (exact) mass is 523 g/mol. The number of aryl methyl sites for hydroxylation is 2. The van der Waals surface area contributed by atoms with Gasteiger partial charge in [0.1, 0.15) is 0 Å². The maximum absolute atomic E-state index is 12.8. The van der Waals surface area contributed by atoms with Crippen molar-refractivity contribution in [2.24, 2.45) is 0 Å². The summed E-state index contributed by atoms with van der Waals surface area (Å²) < 4.78 is 78.9. The number of carbonyl (C=O) groups excluding carboxylic acids is 1.